The molecule has 0 aliphatic carbocycles. The Balaban J connectivity index is 1.14. The highest BCUT2D eigenvalue weighted by molar-refractivity contribution is 5.77. The van der Waals surface area contributed by atoms with Gasteiger partial charge in [0, 0.05) is 26.7 Å². The van der Waals surface area contributed by atoms with Crippen molar-refractivity contribution in [3.8, 4) is 0 Å². The van der Waals surface area contributed by atoms with Crippen LogP contribution in [0.1, 0.15) is 26.7 Å². The quantitative estimate of drug-likeness (QED) is 0.0306. The van der Waals surface area contributed by atoms with Gasteiger partial charge in [0.25, 0.3) is 11.6 Å². The van der Waals surface area contributed by atoms with Crippen LogP contribution in [0.25, 0.3) is 0 Å². The number of ether oxygens (including phenoxy) is 15. The molecule has 109 heavy (non-hydrogen) atoms. The van der Waals surface area contributed by atoms with Crippen molar-refractivity contribution in [1.29, 1.82) is 0 Å². The van der Waals surface area contributed by atoms with Crippen LogP contribution in [0.4, 0.5) is 0 Å². The van der Waals surface area contributed by atoms with Crippen molar-refractivity contribution in [1.82, 2.24) is 10.6 Å². The molecule has 632 valence electrons. The van der Waals surface area contributed by atoms with Crippen molar-refractivity contribution in [3.63, 3.8) is 0 Å². The van der Waals surface area contributed by atoms with Gasteiger partial charge in [-0.25, -0.2) is 9.59 Å². The van der Waals surface area contributed by atoms with Gasteiger partial charge in [-0.1, -0.05) is 0 Å². The number of nitrogens with one attached hydrogen (secondary N) is 2. The van der Waals surface area contributed by atoms with Gasteiger partial charge in [-0.05, 0) is 0 Å². The van der Waals surface area contributed by atoms with E-state index in [-0.39, 0.29) is 0 Å². The van der Waals surface area contributed by atoms with Gasteiger partial charge in [0.15, 0.2) is 37.7 Å². The average Bonchev–Trinajstić information content (AvgIpc) is 0.756. The van der Waals surface area contributed by atoms with Crippen molar-refractivity contribution in [2.24, 2.45) is 0 Å². The third kappa shape index (κ3) is 19.3. The lowest BCUT2D eigenvalue weighted by atomic mass is 9.88. The van der Waals surface area contributed by atoms with E-state index in [1.54, 1.807) is 0 Å². The normalized spacial score (nSPS) is 47.2. The molecule has 0 aromatic heterocycles. The van der Waals surface area contributed by atoms with Crippen LogP contribution in [0.3, 0.4) is 0 Å². The van der Waals surface area contributed by atoms with Crippen LogP contribution in [-0.2, 0) is 90.2 Å². The fourth-order valence-corrected chi connectivity index (χ4v) is 13.9. The van der Waals surface area contributed by atoms with Gasteiger partial charge in [-0.15, -0.1) is 0 Å². The Morgan fingerprint density at radius 1 is 0.376 bits per heavy atom. The average molecular weight is 1600 g/mol. The molecule has 8 aliphatic rings. The maximum absolute atomic E-state index is 13.9. The standard InChI is InChI=1S/C59H98N2O48/c1-13(70)60-25-15(72)4-59(57(92)93,108-45(25)27(78)17(74)5-62)109-49-38(89)53(98-24(12-69)43(49)102-50-26(61-14(2)71)44(29(80)22(10-67)95-50)103-51-32(83)31(82)28(79)21(9-66)96-51)104-46-30(81)23(11-68)97-52(35(46)86)105-47-33(84)40(19(76)7-64)100-55(37(47)88)106-48-34(85)39(18(75)6-63)99-54(36(48)87)101-41-16(73)3-58(94,56(90)91)107-42(41)20(77)8-65/h15-55,62-69,72-89,94H,3-12H2,1-2H3,(H,60,70)(H,61,71)(H,90,91)(H,92,93)/t15-,16+,17+,18-,19-,20+,21+,22+,23+,24+,25+,26+,27+,28-,29-,30-,31-,32+,33+,34+,35+,36-,37-,38+,39+,40+,41+,42+,43-,44+,45+,46-,47-,48-,49+,50-,51-,52-,53-,54+,55+,58?,59-/m0/s1. The van der Waals surface area contributed by atoms with Crippen LogP contribution >= 0.6 is 0 Å². The van der Waals surface area contributed by atoms with Gasteiger partial charge >= 0.3 is 11.9 Å². The largest absolute Gasteiger partial charge is 0.477 e. The minimum atomic E-state index is -3.57. The molecule has 50 heteroatoms. The second kappa shape index (κ2) is 38.3. The van der Waals surface area contributed by atoms with E-state index in [0.717, 1.165) is 13.8 Å². The number of aliphatic carboxylic acids is 2. The van der Waals surface area contributed by atoms with E-state index in [4.69, 9.17) is 71.1 Å². The Hall–Kier alpha value is -3.80. The summed E-state index contributed by atoms with van der Waals surface area (Å²) in [6, 6.07) is -3.94. The summed E-state index contributed by atoms with van der Waals surface area (Å²) in [5, 5.41) is 323. The Kier molecular flexibility index (Phi) is 31.9. The number of aliphatic hydroxyl groups is 27. The van der Waals surface area contributed by atoms with Gasteiger partial charge < -0.3 is 230 Å². The fraction of sp³-hybridized carbons (Fsp3) is 0.932. The molecule has 50 nitrogen and oxygen atoms in total. The van der Waals surface area contributed by atoms with Gasteiger partial charge in [-0.3, -0.25) is 9.59 Å². The molecule has 8 fully saturated rings. The molecule has 0 aromatic rings. The van der Waals surface area contributed by atoms with Gasteiger partial charge in [0.1, 0.15) is 195 Å². The molecule has 8 rings (SSSR count). The number of aliphatic hydroxyl groups excluding tert-OH is 26. The fourth-order valence-electron chi connectivity index (χ4n) is 13.9. The van der Waals surface area contributed by atoms with E-state index in [0.29, 0.717) is 0 Å². The monoisotopic (exact) mass is 1600 g/mol. The highest BCUT2D eigenvalue weighted by Gasteiger charge is 2.64. The predicted molar refractivity (Wildman–Crippen MR) is 328 cm³/mol. The molecule has 0 bridgehead atoms. The van der Waals surface area contributed by atoms with E-state index in [1.807, 2.05) is 0 Å². The molecule has 1 unspecified atom stereocenters. The third-order valence-electron chi connectivity index (χ3n) is 19.7. The summed E-state index contributed by atoms with van der Waals surface area (Å²) in [5.41, 5.74) is 0. The highest BCUT2D eigenvalue weighted by atomic mass is 16.8. The zero-order chi connectivity index (χ0) is 81.1. The molecule has 2 amide bonds. The lowest BCUT2D eigenvalue weighted by Crippen LogP contribution is -2.72. The Bertz CT molecular complexity index is 2910. The summed E-state index contributed by atoms with van der Waals surface area (Å²) >= 11 is 0. The van der Waals surface area contributed by atoms with Crippen molar-refractivity contribution < 1.29 is 238 Å². The molecule has 8 saturated heterocycles. The molecule has 31 N–H and O–H groups in total. The molecule has 0 aromatic carbocycles. The van der Waals surface area contributed by atoms with Gasteiger partial charge in [-0.2, -0.15) is 0 Å². The number of rotatable bonds is 31. The second-order valence-corrected chi connectivity index (χ2v) is 27.2. The van der Waals surface area contributed by atoms with Gasteiger partial charge in [0.05, 0.1) is 71.1 Å². The topological polar surface area (TPSA) is 817 Å². The molecule has 43 atom stereocenters. The molecule has 8 aliphatic heterocycles. The van der Waals surface area contributed by atoms with Crippen LogP contribution in [0.5, 0.6) is 0 Å². The first-order valence-corrected chi connectivity index (χ1v) is 34.0. The third-order valence-corrected chi connectivity index (χ3v) is 19.7. The molecule has 0 radical (unpaired) electrons. The van der Waals surface area contributed by atoms with E-state index in [9.17, 15) is 167 Å². The van der Waals surface area contributed by atoms with E-state index >= 15 is 0 Å². The summed E-state index contributed by atoms with van der Waals surface area (Å²) in [6.07, 6.45) is -93.5. The summed E-state index contributed by atoms with van der Waals surface area (Å²) < 4.78 is 86.7. The first-order chi connectivity index (χ1) is 51.3. The first-order valence-electron chi connectivity index (χ1n) is 34.0. The number of amides is 2. The van der Waals surface area contributed by atoms with Crippen LogP contribution in [0.2, 0.25) is 0 Å². The zero-order valence-corrected chi connectivity index (χ0v) is 57.5. The van der Waals surface area contributed by atoms with Crippen molar-refractivity contribution >= 4 is 23.8 Å². The second-order valence-electron chi connectivity index (χ2n) is 27.2. The van der Waals surface area contributed by atoms with Crippen molar-refractivity contribution in [3.05, 3.63) is 0 Å². The van der Waals surface area contributed by atoms with Crippen LogP contribution in [-0.4, -0.2) is 488 Å². The lowest BCUT2D eigenvalue weighted by molar-refractivity contribution is -0.410. The SMILES string of the molecule is CC(=O)N[C@H]1[C@H](O[C@@H]2[C@H](O[C@]3(C(=O)O)C[C@H](O)[C@@H](NC(C)=O)[C@H]([C@H](O)[C@H](O)CO)O3)[C@@H](O)[C@H](O[C@H]3[C@@H](O)[C@@H](CO)O[C@@H](O[C@@H]4[C@H](O)[C@@H](O[C@@H]5[C@H](O)[C@@H](O[C@H]6[C@@H]([C@H](O)CO)OC(O)(C(=O)O)C[C@H]6O)O[C@H]([C@@H](O)CO)[C@H]5O)O[C@H]([C@@H](O)CO)[C@H]4O)[C@@H]3O)O[C@@H]2CO)O[C@H](CO)[C@H](O)[C@@H]1O[C@@H]1O[C@H](CO)[C@H](O)[C@H](O)[C@H]1O. The molecular weight excluding hydrogens is 1500 g/mol. The number of carboxylic acids is 2. The summed E-state index contributed by atoms with van der Waals surface area (Å²) in [6.45, 7) is -8.38. The smallest absolute Gasteiger partial charge is 0.364 e. The molecule has 8 heterocycles. The highest BCUT2D eigenvalue weighted by Crippen LogP contribution is 2.43. The van der Waals surface area contributed by atoms with Crippen LogP contribution in [0.15, 0.2) is 0 Å². The summed E-state index contributed by atoms with van der Waals surface area (Å²) in [7, 11) is 0. The Morgan fingerprint density at radius 3 is 1.21 bits per heavy atom. The van der Waals surface area contributed by atoms with E-state index in [2.05, 4.69) is 10.6 Å². The molecule has 0 saturated carbocycles. The van der Waals surface area contributed by atoms with Gasteiger partial charge in [0.2, 0.25) is 11.8 Å². The minimum Gasteiger partial charge on any atom is -0.477 e. The van der Waals surface area contributed by atoms with Crippen LogP contribution < -0.4 is 10.6 Å². The number of carbonyl (C=O) groups is 4. The van der Waals surface area contributed by atoms with E-state index < -0.39 is 352 Å². The van der Waals surface area contributed by atoms with E-state index in [1.165, 1.54) is 0 Å². The minimum absolute atomic E-state index is 0.875. The Labute approximate surface area is 613 Å². The molecule has 0 spiro atoms. The lowest BCUT2D eigenvalue weighted by Gasteiger charge is -2.53. The number of carboxylic acid groups (broad SMARTS) is 2. The maximum atomic E-state index is 13.9. The summed E-state index contributed by atoms with van der Waals surface area (Å²) in [5.74, 6) is -13.2. The van der Waals surface area contributed by atoms with Crippen LogP contribution in [0, 0.1) is 0 Å². The molecular formula is C59H98N2O48. The zero-order valence-electron chi connectivity index (χ0n) is 57.5. The summed E-state index contributed by atoms with van der Waals surface area (Å²) in [4.78, 5) is 51.4. The predicted octanol–water partition coefficient (Wildman–Crippen LogP) is -20.4. The number of hydrogen-bond donors (Lipinski definition) is 31. The maximum Gasteiger partial charge on any atom is 0.364 e. The number of carbonyl (C=O) groups excluding carboxylic acids is 2. The first kappa shape index (κ1) is 90.7. The Morgan fingerprint density at radius 2 is 0.761 bits per heavy atom. The number of hydrogen-bond acceptors (Lipinski definition) is 46. The van der Waals surface area contributed by atoms with Crippen molar-refractivity contribution in [2.75, 3.05) is 52.9 Å². The van der Waals surface area contributed by atoms with Crippen molar-refractivity contribution in [2.45, 2.75) is 290 Å².